The molecule has 2 heterocycles. The molecule has 6 fully saturated rings. The zero-order chi connectivity index (χ0) is 25.2. The highest BCUT2D eigenvalue weighted by atomic mass is 16.8. The molecule has 4 saturated carbocycles. The molecule has 0 aromatic heterocycles. The van der Waals surface area contributed by atoms with E-state index in [4.69, 9.17) is 9.47 Å². The Balaban J connectivity index is 1.37. The Bertz CT molecular complexity index is 1060. The van der Waals surface area contributed by atoms with Crippen molar-refractivity contribution in [3.8, 4) is 0 Å². The van der Waals surface area contributed by atoms with E-state index in [1.54, 1.807) is 13.8 Å². The van der Waals surface area contributed by atoms with E-state index >= 15 is 0 Å². The van der Waals surface area contributed by atoms with Crippen molar-refractivity contribution in [1.82, 2.24) is 0 Å². The number of carbonyl (C=O) groups is 1. The lowest BCUT2D eigenvalue weighted by Gasteiger charge is -2.59. The first-order chi connectivity index (χ1) is 16.1. The maximum Gasteiger partial charge on any atom is 0.199 e. The average Bonchev–Trinajstić information content (AvgIpc) is 3.28. The highest BCUT2D eigenvalue weighted by Crippen LogP contribution is 2.88. The topological polar surface area (TPSA) is 76.0 Å². The summed E-state index contributed by atoms with van der Waals surface area (Å²) in [6.07, 6.45) is 7.86. The zero-order valence-corrected chi connectivity index (χ0v) is 22.6. The van der Waals surface area contributed by atoms with Crippen molar-refractivity contribution in [2.75, 3.05) is 0 Å². The second-order valence-electron chi connectivity index (χ2n) is 15.2. The van der Waals surface area contributed by atoms with Gasteiger partial charge in [-0.3, -0.25) is 4.79 Å². The van der Waals surface area contributed by atoms with Crippen LogP contribution in [-0.4, -0.2) is 45.7 Å². The molecule has 0 amide bonds. The normalized spacial score (nSPS) is 59.6. The molecule has 0 aromatic carbocycles. The Morgan fingerprint density at radius 1 is 1.09 bits per heavy atom. The van der Waals surface area contributed by atoms with Gasteiger partial charge in [-0.2, -0.15) is 0 Å². The predicted molar refractivity (Wildman–Crippen MR) is 131 cm³/mol. The fourth-order valence-electron chi connectivity index (χ4n) is 11.7. The molecule has 3 spiro atoms. The minimum atomic E-state index is -1.07. The molecule has 2 saturated heterocycles. The standard InChI is InChI=1S/C30H44O5/c1-16-14-17-22(25(4,5)33)35-30(34-17)21(16)26(6)12-13-29-15-28(29)11-10-20(31)24(2,3)18(28)8-9-19(29)27(26,7)23(30)32/h9,16-18,21-23,32-33H,8,10-15H2,1-7H3/t16-,17-,18?,21-,22-,23-,26-,27-,28-,29+,30+/m1/s1. The number of carbonyl (C=O) groups excluding carboxylic acids is 1. The number of hydrogen-bond acceptors (Lipinski definition) is 5. The molecule has 5 nitrogen and oxygen atoms in total. The van der Waals surface area contributed by atoms with Crippen molar-refractivity contribution >= 4 is 5.78 Å². The molecular weight excluding hydrogens is 440 g/mol. The molecule has 5 aliphatic carbocycles. The monoisotopic (exact) mass is 484 g/mol. The second kappa shape index (κ2) is 6.11. The number of allylic oxidation sites excluding steroid dienone is 1. The van der Waals surface area contributed by atoms with Crippen LogP contribution in [0.5, 0.6) is 0 Å². The molecule has 2 bridgehead atoms. The number of rotatable bonds is 1. The van der Waals surface area contributed by atoms with Crippen LogP contribution in [0.2, 0.25) is 0 Å². The molecular formula is C30H44O5. The SMILES string of the molecule is C[C@@H]1C[C@H]2O[C@]3(O[C@H]2C(C)(C)O)[C@H]1[C@@]1(C)CC[C@@]24C[C@@]25CCC(=O)C(C)(C)C5CC=C4[C@]1(C)[C@H]3O. The minimum Gasteiger partial charge on any atom is -0.388 e. The first kappa shape index (κ1) is 23.4. The van der Waals surface area contributed by atoms with Crippen LogP contribution in [0.25, 0.3) is 0 Å². The van der Waals surface area contributed by atoms with Gasteiger partial charge in [0, 0.05) is 23.2 Å². The summed E-state index contributed by atoms with van der Waals surface area (Å²) in [4.78, 5) is 12.9. The van der Waals surface area contributed by atoms with Gasteiger partial charge < -0.3 is 19.7 Å². The predicted octanol–water partition coefficient (Wildman–Crippen LogP) is 4.79. The maximum absolute atomic E-state index is 12.9. The summed E-state index contributed by atoms with van der Waals surface area (Å²) in [5, 5.41) is 23.4. The molecule has 7 rings (SSSR count). The maximum atomic E-state index is 12.9. The van der Waals surface area contributed by atoms with Gasteiger partial charge in [0.2, 0.25) is 0 Å². The molecule has 7 aliphatic rings. The summed E-state index contributed by atoms with van der Waals surface area (Å²) in [5.74, 6) is 0.175. The van der Waals surface area contributed by atoms with Crippen molar-refractivity contribution in [2.45, 2.75) is 123 Å². The van der Waals surface area contributed by atoms with Crippen LogP contribution in [0.3, 0.4) is 0 Å². The van der Waals surface area contributed by atoms with E-state index in [0.717, 1.165) is 38.5 Å². The average molecular weight is 485 g/mol. The lowest BCUT2D eigenvalue weighted by atomic mass is 9.45. The summed E-state index contributed by atoms with van der Waals surface area (Å²) in [6.45, 7) is 14.9. The Morgan fingerprint density at radius 3 is 2.49 bits per heavy atom. The van der Waals surface area contributed by atoms with E-state index in [1.807, 2.05) is 0 Å². The molecule has 2 aliphatic heterocycles. The van der Waals surface area contributed by atoms with E-state index in [2.05, 4.69) is 40.7 Å². The lowest BCUT2D eigenvalue weighted by Crippen LogP contribution is -2.55. The number of hydrogen-bond donors (Lipinski definition) is 2. The summed E-state index contributed by atoms with van der Waals surface area (Å²) in [6, 6.07) is 0. The van der Waals surface area contributed by atoms with E-state index < -0.39 is 29.0 Å². The van der Waals surface area contributed by atoms with Gasteiger partial charge in [-0.25, -0.2) is 0 Å². The van der Waals surface area contributed by atoms with E-state index in [0.29, 0.717) is 24.0 Å². The van der Waals surface area contributed by atoms with Gasteiger partial charge in [0.25, 0.3) is 0 Å². The molecule has 35 heavy (non-hydrogen) atoms. The van der Waals surface area contributed by atoms with E-state index in [9.17, 15) is 15.0 Å². The van der Waals surface area contributed by atoms with Gasteiger partial charge in [0.1, 0.15) is 18.0 Å². The van der Waals surface area contributed by atoms with Crippen molar-refractivity contribution in [1.29, 1.82) is 0 Å². The molecule has 1 unspecified atom stereocenters. The van der Waals surface area contributed by atoms with E-state index in [-0.39, 0.29) is 33.7 Å². The number of Topliss-reactive ketones (excluding diaryl/α,β-unsaturated/α-hetero) is 1. The van der Waals surface area contributed by atoms with Gasteiger partial charge in [0.05, 0.1) is 11.7 Å². The van der Waals surface area contributed by atoms with Gasteiger partial charge in [-0.15, -0.1) is 0 Å². The van der Waals surface area contributed by atoms with E-state index in [1.165, 1.54) is 5.57 Å². The summed E-state index contributed by atoms with van der Waals surface area (Å²) in [7, 11) is 0. The molecule has 0 aromatic rings. The Kier molecular flexibility index (Phi) is 4.08. The third kappa shape index (κ3) is 2.21. The third-order valence-electron chi connectivity index (χ3n) is 13.3. The fraction of sp³-hybridized carbons (Fsp3) is 0.900. The van der Waals surface area contributed by atoms with Gasteiger partial charge in [0.15, 0.2) is 5.79 Å². The molecule has 2 N–H and O–H groups in total. The Labute approximate surface area is 210 Å². The first-order valence-corrected chi connectivity index (χ1v) is 14.1. The van der Waals surface area contributed by atoms with Crippen molar-refractivity contribution in [3.05, 3.63) is 11.6 Å². The third-order valence-corrected chi connectivity index (χ3v) is 13.3. The molecule has 11 atom stereocenters. The number of ether oxygens (including phenoxy) is 2. The number of aliphatic hydroxyl groups is 2. The van der Waals surface area contributed by atoms with Crippen LogP contribution in [0.1, 0.15) is 93.4 Å². The fourth-order valence-corrected chi connectivity index (χ4v) is 11.7. The second-order valence-corrected chi connectivity index (χ2v) is 15.2. The minimum absolute atomic E-state index is 0.0775. The zero-order valence-electron chi connectivity index (χ0n) is 22.6. The summed E-state index contributed by atoms with van der Waals surface area (Å²) < 4.78 is 13.5. The largest absolute Gasteiger partial charge is 0.388 e. The first-order valence-electron chi connectivity index (χ1n) is 14.1. The lowest BCUT2D eigenvalue weighted by molar-refractivity contribution is -0.279. The molecule has 194 valence electrons. The van der Waals surface area contributed by atoms with Crippen molar-refractivity contribution < 1.29 is 24.5 Å². The quantitative estimate of drug-likeness (QED) is 0.524. The van der Waals surface area contributed by atoms with Crippen LogP contribution >= 0.6 is 0 Å². The van der Waals surface area contributed by atoms with Crippen LogP contribution in [0, 0.1) is 44.8 Å². The van der Waals surface area contributed by atoms with Gasteiger partial charge in [-0.05, 0) is 80.5 Å². The molecule has 0 radical (unpaired) electrons. The molecule has 5 heteroatoms. The van der Waals surface area contributed by atoms with Crippen molar-refractivity contribution in [3.63, 3.8) is 0 Å². The van der Waals surface area contributed by atoms with Gasteiger partial charge >= 0.3 is 0 Å². The van der Waals surface area contributed by atoms with Crippen LogP contribution in [0.15, 0.2) is 11.6 Å². The van der Waals surface area contributed by atoms with Gasteiger partial charge in [-0.1, -0.05) is 46.3 Å². The Hall–Kier alpha value is -0.750. The Morgan fingerprint density at radius 2 is 1.80 bits per heavy atom. The van der Waals surface area contributed by atoms with Crippen LogP contribution < -0.4 is 0 Å². The smallest absolute Gasteiger partial charge is 0.199 e. The highest BCUT2D eigenvalue weighted by molar-refractivity contribution is 5.86. The highest BCUT2D eigenvalue weighted by Gasteiger charge is 2.86. The number of aliphatic hydroxyl groups excluding tert-OH is 1. The number of fused-ring (bicyclic) bond motifs is 4. The van der Waals surface area contributed by atoms with Crippen molar-refractivity contribution in [2.24, 2.45) is 44.8 Å². The van der Waals surface area contributed by atoms with Crippen LogP contribution in [-0.2, 0) is 14.3 Å². The summed E-state index contributed by atoms with van der Waals surface area (Å²) >= 11 is 0. The summed E-state index contributed by atoms with van der Waals surface area (Å²) in [5.41, 5.74) is -0.163. The van der Waals surface area contributed by atoms with Crippen LogP contribution in [0.4, 0.5) is 0 Å². The number of ketones is 1.